The zero-order valence-electron chi connectivity index (χ0n) is 10.8. The van der Waals surface area contributed by atoms with E-state index in [4.69, 9.17) is 0 Å². The average Bonchev–Trinajstić information content (AvgIpc) is 2.29. The number of hydrogen-bond donors (Lipinski definition) is 2. The molecule has 1 saturated heterocycles. The van der Waals surface area contributed by atoms with Crippen LogP contribution in [0, 0.1) is 0 Å². The lowest BCUT2D eigenvalue weighted by molar-refractivity contribution is -0.132. The highest BCUT2D eigenvalue weighted by molar-refractivity contribution is 5.82. The van der Waals surface area contributed by atoms with Crippen LogP contribution in [0.5, 0.6) is 0 Å². The summed E-state index contributed by atoms with van der Waals surface area (Å²) in [5, 5.41) is 6.61. The summed E-state index contributed by atoms with van der Waals surface area (Å²) >= 11 is 0. The fourth-order valence-electron chi connectivity index (χ4n) is 1.93. The number of nitrogens with zero attached hydrogens (tertiary/aromatic N) is 1. The Morgan fingerprint density at radius 3 is 2.62 bits per heavy atom. The van der Waals surface area contributed by atoms with Crippen LogP contribution < -0.4 is 10.6 Å². The molecule has 0 aliphatic carbocycles. The Morgan fingerprint density at radius 2 is 2.06 bits per heavy atom. The third-order valence-corrected chi connectivity index (χ3v) is 3.11. The van der Waals surface area contributed by atoms with Gasteiger partial charge in [-0.25, -0.2) is 0 Å². The number of carbonyl (C=O) groups is 1. The van der Waals surface area contributed by atoms with Crippen LogP contribution in [0.1, 0.15) is 33.1 Å². The van der Waals surface area contributed by atoms with Gasteiger partial charge in [-0.15, -0.1) is 0 Å². The minimum absolute atomic E-state index is 0.0390. The Kier molecular flexibility index (Phi) is 5.77. The Hall–Kier alpha value is -0.610. The second-order valence-electron chi connectivity index (χ2n) is 4.74. The molecule has 4 heteroatoms. The van der Waals surface area contributed by atoms with Gasteiger partial charge in [0.15, 0.2) is 0 Å². The van der Waals surface area contributed by atoms with E-state index in [0.717, 1.165) is 26.1 Å². The predicted octanol–water partition coefficient (Wildman–Crippen LogP) is 0.585. The van der Waals surface area contributed by atoms with Crippen molar-refractivity contribution in [1.82, 2.24) is 15.5 Å². The molecule has 0 saturated carbocycles. The molecule has 0 spiro atoms. The molecule has 94 valence electrons. The van der Waals surface area contributed by atoms with Gasteiger partial charge in [-0.3, -0.25) is 4.79 Å². The third-order valence-electron chi connectivity index (χ3n) is 3.11. The lowest BCUT2D eigenvalue weighted by atomic mass is 10.1. The van der Waals surface area contributed by atoms with Crippen molar-refractivity contribution in [3.8, 4) is 0 Å². The van der Waals surface area contributed by atoms with Gasteiger partial charge in [0.2, 0.25) is 5.91 Å². The van der Waals surface area contributed by atoms with Gasteiger partial charge in [-0.1, -0.05) is 19.8 Å². The molecular weight excluding hydrogens is 202 g/mol. The largest absolute Gasteiger partial charge is 0.344 e. The Balaban J connectivity index is 2.27. The van der Waals surface area contributed by atoms with E-state index in [2.05, 4.69) is 24.5 Å². The normalized spacial score (nSPS) is 25.4. The van der Waals surface area contributed by atoms with Crippen LogP contribution in [-0.4, -0.2) is 49.6 Å². The van der Waals surface area contributed by atoms with E-state index >= 15 is 0 Å². The molecule has 4 nitrogen and oxygen atoms in total. The molecular formula is C12H25N3O. The lowest BCUT2D eigenvalue weighted by Crippen LogP contribution is -2.59. The first-order valence-corrected chi connectivity index (χ1v) is 6.37. The molecule has 2 atom stereocenters. The first-order chi connectivity index (χ1) is 7.65. The van der Waals surface area contributed by atoms with E-state index in [9.17, 15) is 4.79 Å². The summed E-state index contributed by atoms with van der Waals surface area (Å²) < 4.78 is 0. The highest BCUT2D eigenvalue weighted by atomic mass is 16.2. The minimum atomic E-state index is -0.0390. The number of carbonyl (C=O) groups excluding carboxylic acids is 1. The Labute approximate surface area is 98.8 Å². The SMILES string of the molecule is CCCCCN(C)C(=O)C1CNC(C)CN1. The second kappa shape index (κ2) is 6.86. The van der Waals surface area contributed by atoms with Gasteiger partial charge in [-0.05, 0) is 13.3 Å². The number of likely N-dealkylation sites (N-methyl/N-ethyl adjacent to an activating group) is 1. The fraction of sp³-hybridized carbons (Fsp3) is 0.917. The van der Waals surface area contributed by atoms with E-state index in [1.54, 1.807) is 0 Å². The highest BCUT2D eigenvalue weighted by Crippen LogP contribution is 2.01. The molecule has 0 bridgehead atoms. The van der Waals surface area contributed by atoms with Crippen molar-refractivity contribution in [1.29, 1.82) is 0 Å². The lowest BCUT2D eigenvalue weighted by Gasteiger charge is -2.31. The standard InChI is InChI=1S/C12H25N3O/c1-4-5-6-7-15(3)12(16)11-9-13-10(2)8-14-11/h10-11,13-14H,4-9H2,1-3H3. The average molecular weight is 227 g/mol. The summed E-state index contributed by atoms with van der Waals surface area (Å²) in [6.07, 6.45) is 3.50. The molecule has 1 aliphatic rings. The van der Waals surface area contributed by atoms with Crippen molar-refractivity contribution in [2.24, 2.45) is 0 Å². The molecule has 2 N–H and O–H groups in total. The van der Waals surface area contributed by atoms with Crippen molar-refractivity contribution in [3.05, 3.63) is 0 Å². The van der Waals surface area contributed by atoms with Crippen molar-refractivity contribution >= 4 is 5.91 Å². The smallest absolute Gasteiger partial charge is 0.240 e. The van der Waals surface area contributed by atoms with Crippen molar-refractivity contribution in [2.45, 2.75) is 45.2 Å². The zero-order valence-corrected chi connectivity index (χ0v) is 10.8. The molecule has 16 heavy (non-hydrogen) atoms. The Morgan fingerprint density at radius 1 is 1.31 bits per heavy atom. The van der Waals surface area contributed by atoms with Crippen molar-refractivity contribution < 1.29 is 4.79 Å². The molecule has 0 aromatic carbocycles. The number of rotatable bonds is 5. The predicted molar refractivity (Wildman–Crippen MR) is 66.4 cm³/mol. The van der Waals surface area contributed by atoms with Crippen LogP contribution in [0.25, 0.3) is 0 Å². The molecule has 0 aromatic rings. The van der Waals surface area contributed by atoms with E-state index in [0.29, 0.717) is 6.04 Å². The third kappa shape index (κ3) is 4.10. The monoisotopic (exact) mass is 227 g/mol. The second-order valence-corrected chi connectivity index (χ2v) is 4.74. The molecule has 1 rings (SSSR count). The number of amides is 1. The van der Waals surface area contributed by atoms with Crippen LogP contribution in [0.4, 0.5) is 0 Å². The van der Waals surface area contributed by atoms with Gasteiger partial charge in [0.05, 0.1) is 6.04 Å². The highest BCUT2D eigenvalue weighted by Gasteiger charge is 2.25. The maximum Gasteiger partial charge on any atom is 0.240 e. The van der Waals surface area contributed by atoms with E-state index in [-0.39, 0.29) is 11.9 Å². The summed E-state index contributed by atoms with van der Waals surface area (Å²) in [6.45, 7) is 6.80. The summed E-state index contributed by atoms with van der Waals surface area (Å²) in [4.78, 5) is 13.9. The summed E-state index contributed by atoms with van der Waals surface area (Å²) in [5.41, 5.74) is 0. The van der Waals surface area contributed by atoms with Gasteiger partial charge in [-0.2, -0.15) is 0 Å². The molecule has 0 radical (unpaired) electrons. The van der Waals surface area contributed by atoms with E-state index in [1.807, 2.05) is 11.9 Å². The maximum absolute atomic E-state index is 12.0. The number of unbranched alkanes of at least 4 members (excludes halogenated alkanes) is 2. The Bertz CT molecular complexity index is 212. The zero-order chi connectivity index (χ0) is 12.0. The van der Waals surface area contributed by atoms with Gasteiger partial charge in [0, 0.05) is 32.7 Å². The summed E-state index contributed by atoms with van der Waals surface area (Å²) in [7, 11) is 1.90. The molecule has 2 unspecified atom stereocenters. The fourth-order valence-corrected chi connectivity index (χ4v) is 1.93. The minimum Gasteiger partial charge on any atom is -0.344 e. The van der Waals surface area contributed by atoms with Gasteiger partial charge >= 0.3 is 0 Å². The topological polar surface area (TPSA) is 44.4 Å². The molecule has 1 heterocycles. The molecule has 1 fully saturated rings. The quantitative estimate of drug-likeness (QED) is 0.676. The van der Waals surface area contributed by atoms with Crippen molar-refractivity contribution in [3.63, 3.8) is 0 Å². The van der Waals surface area contributed by atoms with Crippen LogP contribution in [-0.2, 0) is 4.79 Å². The molecule has 1 aliphatic heterocycles. The number of hydrogen-bond acceptors (Lipinski definition) is 3. The number of nitrogens with one attached hydrogen (secondary N) is 2. The van der Waals surface area contributed by atoms with Crippen LogP contribution in [0.15, 0.2) is 0 Å². The van der Waals surface area contributed by atoms with E-state index in [1.165, 1.54) is 12.8 Å². The summed E-state index contributed by atoms with van der Waals surface area (Å²) in [6, 6.07) is 0.428. The van der Waals surface area contributed by atoms with E-state index < -0.39 is 0 Å². The maximum atomic E-state index is 12.0. The molecule has 0 aromatic heterocycles. The first-order valence-electron chi connectivity index (χ1n) is 6.37. The molecule has 1 amide bonds. The van der Waals surface area contributed by atoms with Gasteiger partial charge < -0.3 is 15.5 Å². The van der Waals surface area contributed by atoms with Crippen LogP contribution >= 0.6 is 0 Å². The number of piperazine rings is 1. The summed E-state index contributed by atoms with van der Waals surface area (Å²) in [5.74, 6) is 0.218. The van der Waals surface area contributed by atoms with Crippen LogP contribution in [0.2, 0.25) is 0 Å². The van der Waals surface area contributed by atoms with Gasteiger partial charge in [0.25, 0.3) is 0 Å². The van der Waals surface area contributed by atoms with Crippen LogP contribution in [0.3, 0.4) is 0 Å². The van der Waals surface area contributed by atoms with Crippen molar-refractivity contribution in [2.75, 3.05) is 26.7 Å². The van der Waals surface area contributed by atoms with Gasteiger partial charge in [0.1, 0.15) is 0 Å². The first kappa shape index (κ1) is 13.5.